The highest BCUT2D eigenvalue weighted by molar-refractivity contribution is 7.99. The van der Waals surface area contributed by atoms with Crippen molar-refractivity contribution in [2.45, 2.75) is 12.1 Å². The number of thioether (sulfide) groups is 1. The fraction of sp³-hybridized carbons (Fsp3) is 0.412. The Labute approximate surface area is 166 Å². The molecule has 1 aliphatic rings. The monoisotopic (exact) mass is 409 g/mol. The molecule has 1 aromatic carbocycles. The van der Waals surface area contributed by atoms with Crippen LogP contribution in [-0.4, -0.2) is 75.1 Å². The van der Waals surface area contributed by atoms with E-state index in [9.17, 15) is 9.59 Å². The van der Waals surface area contributed by atoms with E-state index in [0.29, 0.717) is 43.0 Å². The van der Waals surface area contributed by atoms with Gasteiger partial charge in [-0.3, -0.25) is 9.36 Å². The summed E-state index contributed by atoms with van der Waals surface area (Å²) in [7, 11) is 0. The van der Waals surface area contributed by atoms with E-state index in [4.69, 9.17) is 16.3 Å². The maximum Gasteiger partial charge on any atom is 0.409 e. The van der Waals surface area contributed by atoms with Crippen LogP contribution in [0.3, 0.4) is 0 Å². The Hall–Kier alpha value is -2.26. The maximum atomic E-state index is 12.5. The van der Waals surface area contributed by atoms with Crippen LogP contribution in [0, 0.1) is 0 Å². The molecule has 0 aliphatic carbocycles. The third kappa shape index (κ3) is 4.92. The highest BCUT2D eigenvalue weighted by Crippen LogP contribution is 2.22. The van der Waals surface area contributed by atoms with Crippen LogP contribution in [0.2, 0.25) is 5.02 Å². The fourth-order valence-corrected chi connectivity index (χ4v) is 3.71. The van der Waals surface area contributed by atoms with E-state index in [0.717, 1.165) is 5.69 Å². The average molecular weight is 410 g/mol. The minimum Gasteiger partial charge on any atom is -0.450 e. The van der Waals surface area contributed by atoms with Gasteiger partial charge in [0.25, 0.3) is 0 Å². The predicted molar refractivity (Wildman–Crippen MR) is 102 cm³/mol. The standard InChI is InChI=1S/C17H20ClN5O3S/c1-2-26-17(25)22-8-6-21(7-9-22)15(24)11-27-16-20-19-12-23(16)14-5-3-4-13(18)10-14/h3-5,10,12H,2,6-9,11H2,1H3. The minimum atomic E-state index is -0.325. The number of ether oxygens (including phenoxy) is 1. The molecule has 1 aromatic heterocycles. The fourth-order valence-electron chi connectivity index (χ4n) is 2.70. The summed E-state index contributed by atoms with van der Waals surface area (Å²) in [5.41, 5.74) is 0.838. The molecular weight excluding hydrogens is 390 g/mol. The van der Waals surface area contributed by atoms with Crippen molar-refractivity contribution in [1.29, 1.82) is 0 Å². The number of piperazine rings is 1. The Morgan fingerprint density at radius 3 is 2.67 bits per heavy atom. The molecule has 10 heteroatoms. The molecular formula is C17H20ClN5O3S. The van der Waals surface area contributed by atoms with Crippen LogP contribution in [0.1, 0.15) is 6.92 Å². The summed E-state index contributed by atoms with van der Waals surface area (Å²) in [5, 5.41) is 9.26. The predicted octanol–water partition coefficient (Wildman–Crippen LogP) is 2.31. The van der Waals surface area contributed by atoms with Crippen molar-refractivity contribution in [1.82, 2.24) is 24.6 Å². The Morgan fingerprint density at radius 2 is 1.96 bits per heavy atom. The average Bonchev–Trinajstić information content (AvgIpc) is 3.15. The number of nitrogens with zero attached hydrogens (tertiary/aromatic N) is 5. The summed E-state index contributed by atoms with van der Waals surface area (Å²) >= 11 is 7.36. The van der Waals surface area contributed by atoms with Crippen LogP contribution in [0.4, 0.5) is 4.79 Å². The second-order valence-corrected chi connectivity index (χ2v) is 7.20. The van der Waals surface area contributed by atoms with Gasteiger partial charge in [0, 0.05) is 31.2 Å². The second kappa shape index (κ2) is 9.09. The van der Waals surface area contributed by atoms with E-state index in [1.807, 2.05) is 18.2 Å². The van der Waals surface area contributed by atoms with Gasteiger partial charge in [-0.1, -0.05) is 29.4 Å². The smallest absolute Gasteiger partial charge is 0.409 e. The molecule has 3 rings (SSSR count). The van der Waals surface area contributed by atoms with Gasteiger partial charge in [-0.25, -0.2) is 4.79 Å². The van der Waals surface area contributed by atoms with Crippen LogP contribution in [0.15, 0.2) is 35.7 Å². The lowest BCUT2D eigenvalue weighted by atomic mass is 10.3. The molecule has 27 heavy (non-hydrogen) atoms. The maximum absolute atomic E-state index is 12.5. The normalized spacial score (nSPS) is 14.3. The van der Waals surface area contributed by atoms with Crippen molar-refractivity contribution >= 4 is 35.4 Å². The van der Waals surface area contributed by atoms with Gasteiger partial charge in [-0.15, -0.1) is 10.2 Å². The zero-order chi connectivity index (χ0) is 19.2. The van der Waals surface area contributed by atoms with E-state index in [2.05, 4.69) is 10.2 Å². The van der Waals surface area contributed by atoms with Gasteiger partial charge in [0.05, 0.1) is 18.0 Å². The number of carbonyl (C=O) groups is 2. The Kier molecular flexibility index (Phi) is 6.57. The van der Waals surface area contributed by atoms with Gasteiger partial charge >= 0.3 is 6.09 Å². The van der Waals surface area contributed by atoms with Crippen LogP contribution in [0.5, 0.6) is 0 Å². The number of aromatic nitrogens is 3. The highest BCUT2D eigenvalue weighted by atomic mass is 35.5. The topological polar surface area (TPSA) is 80.6 Å². The molecule has 1 fully saturated rings. The van der Waals surface area contributed by atoms with Gasteiger partial charge in [0.15, 0.2) is 5.16 Å². The second-order valence-electron chi connectivity index (χ2n) is 5.82. The van der Waals surface area contributed by atoms with Gasteiger partial charge in [-0.05, 0) is 25.1 Å². The van der Waals surface area contributed by atoms with Crippen molar-refractivity contribution in [3.05, 3.63) is 35.6 Å². The number of halogens is 1. The number of rotatable bonds is 5. The first kappa shape index (κ1) is 19.5. The SMILES string of the molecule is CCOC(=O)N1CCN(C(=O)CSc2nncn2-c2cccc(Cl)c2)CC1. The number of hydrogen-bond acceptors (Lipinski definition) is 6. The third-order valence-electron chi connectivity index (χ3n) is 4.09. The first-order valence-electron chi connectivity index (χ1n) is 8.56. The lowest BCUT2D eigenvalue weighted by Gasteiger charge is -2.34. The molecule has 8 nitrogen and oxygen atoms in total. The molecule has 0 radical (unpaired) electrons. The molecule has 0 spiro atoms. The van der Waals surface area contributed by atoms with E-state index >= 15 is 0 Å². The summed E-state index contributed by atoms with van der Waals surface area (Å²) in [6, 6.07) is 7.35. The molecule has 1 aliphatic heterocycles. The number of carbonyl (C=O) groups excluding carboxylic acids is 2. The van der Waals surface area contributed by atoms with Crippen LogP contribution in [-0.2, 0) is 9.53 Å². The first-order valence-corrected chi connectivity index (χ1v) is 9.93. The number of benzene rings is 1. The Morgan fingerprint density at radius 1 is 1.22 bits per heavy atom. The molecule has 2 heterocycles. The third-order valence-corrected chi connectivity index (χ3v) is 5.25. The van der Waals surface area contributed by atoms with Crippen molar-refractivity contribution < 1.29 is 14.3 Å². The molecule has 1 saturated heterocycles. The molecule has 0 N–H and O–H groups in total. The first-order chi connectivity index (χ1) is 13.1. The lowest BCUT2D eigenvalue weighted by molar-refractivity contribution is -0.129. The number of hydrogen-bond donors (Lipinski definition) is 0. The van der Waals surface area contributed by atoms with Gasteiger partial charge < -0.3 is 14.5 Å². The van der Waals surface area contributed by atoms with Crippen LogP contribution in [0.25, 0.3) is 5.69 Å². The van der Waals surface area contributed by atoms with E-state index < -0.39 is 0 Å². The molecule has 2 aromatic rings. The summed E-state index contributed by atoms with van der Waals surface area (Å²) in [4.78, 5) is 27.6. The summed E-state index contributed by atoms with van der Waals surface area (Å²) < 4.78 is 6.78. The van der Waals surface area contributed by atoms with Crippen molar-refractivity contribution in [2.75, 3.05) is 38.5 Å². The quantitative estimate of drug-likeness (QED) is 0.705. The van der Waals surface area contributed by atoms with Gasteiger partial charge in [0.2, 0.25) is 5.91 Å². The molecule has 0 unspecified atom stereocenters. The zero-order valence-corrected chi connectivity index (χ0v) is 16.4. The van der Waals surface area contributed by atoms with E-state index in [1.54, 1.807) is 33.7 Å². The van der Waals surface area contributed by atoms with Crippen molar-refractivity contribution in [3.63, 3.8) is 0 Å². The van der Waals surface area contributed by atoms with Crippen molar-refractivity contribution in [2.24, 2.45) is 0 Å². The number of amides is 2. The van der Waals surface area contributed by atoms with Gasteiger partial charge in [0.1, 0.15) is 6.33 Å². The largest absolute Gasteiger partial charge is 0.450 e. The molecule has 0 saturated carbocycles. The summed E-state index contributed by atoms with van der Waals surface area (Å²) in [6.45, 7) is 4.08. The van der Waals surface area contributed by atoms with Crippen molar-refractivity contribution in [3.8, 4) is 5.69 Å². The Balaban J connectivity index is 1.54. The van der Waals surface area contributed by atoms with Gasteiger partial charge in [-0.2, -0.15) is 0 Å². The van der Waals surface area contributed by atoms with E-state index in [-0.39, 0.29) is 17.8 Å². The molecule has 0 bridgehead atoms. The van der Waals surface area contributed by atoms with E-state index in [1.165, 1.54) is 11.8 Å². The lowest BCUT2D eigenvalue weighted by Crippen LogP contribution is -2.51. The van der Waals surface area contributed by atoms with Crippen LogP contribution < -0.4 is 0 Å². The molecule has 2 amide bonds. The minimum absolute atomic E-state index is 0.00385. The Bertz CT molecular complexity index is 807. The summed E-state index contributed by atoms with van der Waals surface area (Å²) in [6.07, 6.45) is 1.27. The highest BCUT2D eigenvalue weighted by Gasteiger charge is 2.25. The zero-order valence-electron chi connectivity index (χ0n) is 14.9. The molecule has 0 atom stereocenters. The summed E-state index contributed by atoms with van der Waals surface area (Å²) in [5.74, 6) is 0.253. The molecule has 144 valence electrons. The van der Waals surface area contributed by atoms with Crippen LogP contribution >= 0.6 is 23.4 Å².